The van der Waals surface area contributed by atoms with Crippen molar-refractivity contribution < 1.29 is 0 Å². The van der Waals surface area contributed by atoms with Gasteiger partial charge >= 0.3 is 0 Å². The van der Waals surface area contributed by atoms with Crippen LogP contribution in [0.3, 0.4) is 0 Å². The number of hydrogen-bond acceptors (Lipinski definition) is 2. The molecular formula is C9H18INS. The zero-order valence-corrected chi connectivity index (χ0v) is 10.9. The van der Waals surface area contributed by atoms with E-state index < -0.39 is 0 Å². The van der Waals surface area contributed by atoms with Gasteiger partial charge in [-0.05, 0) is 26.8 Å². The summed E-state index contributed by atoms with van der Waals surface area (Å²) < 4.78 is 1.29. The van der Waals surface area contributed by atoms with Crippen molar-refractivity contribution in [2.24, 2.45) is 0 Å². The highest BCUT2D eigenvalue weighted by Gasteiger charge is 2.23. The zero-order chi connectivity index (χ0) is 8.97. The highest BCUT2D eigenvalue weighted by molar-refractivity contribution is 14.1. The predicted octanol–water partition coefficient (Wildman–Crippen LogP) is 2.64. The van der Waals surface area contributed by atoms with Crippen molar-refractivity contribution >= 4 is 34.4 Å². The molecule has 1 aliphatic heterocycles. The summed E-state index contributed by atoms with van der Waals surface area (Å²) in [4.78, 5) is 2.66. The van der Waals surface area contributed by atoms with Gasteiger partial charge < -0.3 is 0 Å². The summed E-state index contributed by atoms with van der Waals surface area (Å²) in [6, 6.07) is 1.59. The van der Waals surface area contributed by atoms with Gasteiger partial charge in [-0.2, -0.15) is 11.8 Å². The van der Waals surface area contributed by atoms with E-state index in [4.69, 9.17) is 0 Å². The van der Waals surface area contributed by atoms with Crippen LogP contribution in [0.5, 0.6) is 0 Å². The molecular weight excluding hydrogens is 281 g/mol. The molecule has 1 rings (SSSR count). The minimum Gasteiger partial charge on any atom is -0.296 e. The van der Waals surface area contributed by atoms with Gasteiger partial charge in [-0.15, -0.1) is 0 Å². The summed E-state index contributed by atoms with van der Waals surface area (Å²) in [6.45, 7) is 6.01. The molecule has 0 amide bonds. The third kappa shape index (κ3) is 3.07. The summed E-state index contributed by atoms with van der Waals surface area (Å²) in [5.74, 6) is 2.65. The number of halogens is 1. The maximum absolute atomic E-state index is 2.66. The molecule has 1 saturated heterocycles. The average molecular weight is 299 g/mol. The predicted molar refractivity (Wildman–Crippen MR) is 66.5 cm³/mol. The Morgan fingerprint density at radius 1 is 1.33 bits per heavy atom. The van der Waals surface area contributed by atoms with Crippen LogP contribution in [0.25, 0.3) is 0 Å². The highest BCUT2D eigenvalue weighted by Crippen LogP contribution is 2.21. The Balaban J connectivity index is 2.34. The molecule has 3 heteroatoms. The van der Waals surface area contributed by atoms with E-state index >= 15 is 0 Å². The van der Waals surface area contributed by atoms with E-state index in [0.29, 0.717) is 0 Å². The van der Waals surface area contributed by atoms with Crippen molar-refractivity contribution in [3.05, 3.63) is 0 Å². The maximum atomic E-state index is 2.66. The van der Waals surface area contributed by atoms with Gasteiger partial charge in [0.25, 0.3) is 0 Å². The molecule has 0 radical (unpaired) electrons. The molecule has 2 atom stereocenters. The molecule has 0 spiro atoms. The SMILES string of the molecule is CC1CSCC(C)N1CCCI. The first-order valence-electron chi connectivity index (χ1n) is 4.65. The Kier molecular flexibility index (Phi) is 5.28. The smallest absolute Gasteiger partial charge is 0.0161 e. The van der Waals surface area contributed by atoms with Crippen LogP contribution in [-0.2, 0) is 0 Å². The van der Waals surface area contributed by atoms with Crippen molar-refractivity contribution in [3.8, 4) is 0 Å². The summed E-state index contributed by atoms with van der Waals surface area (Å²) in [6.07, 6.45) is 1.35. The second-order valence-electron chi connectivity index (χ2n) is 3.52. The summed E-state index contributed by atoms with van der Waals surface area (Å²) in [7, 11) is 0. The van der Waals surface area contributed by atoms with Crippen LogP contribution in [0.4, 0.5) is 0 Å². The molecule has 0 N–H and O–H groups in total. The lowest BCUT2D eigenvalue weighted by Gasteiger charge is -2.38. The van der Waals surface area contributed by atoms with Crippen LogP contribution in [-0.4, -0.2) is 39.5 Å². The van der Waals surface area contributed by atoms with E-state index in [1.165, 1.54) is 28.9 Å². The summed E-state index contributed by atoms with van der Waals surface area (Å²) in [5, 5.41) is 0. The van der Waals surface area contributed by atoms with Crippen molar-refractivity contribution in [1.82, 2.24) is 4.90 Å². The van der Waals surface area contributed by atoms with Gasteiger partial charge in [0, 0.05) is 28.0 Å². The second kappa shape index (κ2) is 5.70. The van der Waals surface area contributed by atoms with Gasteiger partial charge in [0.15, 0.2) is 0 Å². The van der Waals surface area contributed by atoms with E-state index in [9.17, 15) is 0 Å². The lowest BCUT2D eigenvalue weighted by molar-refractivity contribution is 0.175. The van der Waals surface area contributed by atoms with Crippen LogP contribution in [0.15, 0.2) is 0 Å². The van der Waals surface area contributed by atoms with E-state index in [0.717, 1.165) is 12.1 Å². The molecule has 0 aromatic carbocycles. The molecule has 0 aromatic heterocycles. The lowest BCUT2D eigenvalue weighted by atomic mass is 10.2. The van der Waals surface area contributed by atoms with Gasteiger partial charge in [0.1, 0.15) is 0 Å². The van der Waals surface area contributed by atoms with Gasteiger partial charge in [-0.3, -0.25) is 4.90 Å². The number of alkyl halides is 1. The quantitative estimate of drug-likeness (QED) is 0.582. The van der Waals surface area contributed by atoms with Crippen molar-refractivity contribution in [3.63, 3.8) is 0 Å². The third-order valence-corrected chi connectivity index (χ3v) is 4.60. The van der Waals surface area contributed by atoms with Crippen molar-refractivity contribution in [2.75, 3.05) is 22.5 Å². The Morgan fingerprint density at radius 2 is 1.92 bits per heavy atom. The molecule has 1 fully saturated rings. The fourth-order valence-electron chi connectivity index (χ4n) is 1.72. The Hall–Kier alpha value is 1.04. The Labute approximate surface area is 93.8 Å². The molecule has 2 unspecified atom stereocenters. The van der Waals surface area contributed by atoms with Gasteiger partial charge in [0.2, 0.25) is 0 Å². The monoisotopic (exact) mass is 299 g/mol. The van der Waals surface area contributed by atoms with Gasteiger partial charge in [0.05, 0.1) is 0 Å². The fourth-order valence-corrected chi connectivity index (χ4v) is 3.26. The first kappa shape index (κ1) is 11.1. The third-order valence-electron chi connectivity index (χ3n) is 2.40. The number of nitrogens with zero attached hydrogens (tertiary/aromatic N) is 1. The van der Waals surface area contributed by atoms with E-state index in [2.05, 4.69) is 53.1 Å². The molecule has 0 aliphatic carbocycles. The molecule has 1 aliphatic rings. The van der Waals surface area contributed by atoms with E-state index in [-0.39, 0.29) is 0 Å². The van der Waals surface area contributed by atoms with Crippen LogP contribution in [0, 0.1) is 0 Å². The topological polar surface area (TPSA) is 3.24 Å². The summed E-state index contributed by atoms with van der Waals surface area (Å²) >= 11 is 4.57. The van der Waals surface area contributed by atoms with Gasteiger partial charge in [-0.1, -0.05) is 22.6 Å². The first-order valence-corrected chi connectivity index (χ1v) is 7.33. The van der Waals surface area contributed by atoms with Crippen molar-refractivity contribution in [1.29, 1.82) is 0 Å². The fraction of sp³-hybridized carbons (Fsp3) is 1.00. The molecule has 1 nitrogen and oxygen atoms in total. The number of rotatable bonds is 3. The molecule has 0 saturated carbocycles. The molecule has 0 bridgehead atoms. The van der Waals surface area contributed by atoms with E-state index in [1.807, 2.05) is 0 Å². The molecule has 12 heavy (non-hydrogen) atoms. The Morgan fingerprint density at radius 3 is 2.42 bits per heavy atom. The van der Waals surface area contributed by atoms with Gasteiger partial charge in [-0.25, -0.2) is 0 Å². The largest absolute Gasteiger partial charge is 0.296 e. The van der Waals surface area contributed by atoms with Crippen LogP contribution < -0.4 is 0 Å². The van der Waals surface area contributed by atoms with Crippen LogP contribution in [0.2, 0.25) is 0 Å². The van der Waals surface area contributed by atoms with Crippen LogP contribution >= 0.6 is 34.4 Å². The minimum atomic E-state index is 0.793. The normalized spacial score (nSPS) is 32.2. The number of thioether (sulfide) groups is 1. The molecule has 72 valence electrons. The Bertz CT molecular complexity index is 122. The second-order valence-corrected chi connectivity index (χ2v) is 5.67. The first-order chi connectivity index (χ1) is 5.75. The van der Waals surface area contributed by atoms with Crippen molar-refractivity contribution in [2.45, 2.75) is 32.4 Å². The lowest BCUT2D eigenvalue weighted by Crippen LogP contribution is -2.46. The summed E-state index contributed by atoms with van der Waals surface area (Å²) in [5.41, 5.74) is 0. The average Bonchev–Trinajstić information content (AvgIpc) is 2.04. The number of hydrogen-bond donors (Lipinski definition) is 0. The minimum absolute atomic E-state index is 0.793. The molecule has 1 heterocycles. The highest BCUT2D eigenvalue weighted by atomic mass is 127. The molecule has 0 aromatic rings. The standard InChI is InChI=1S/C9H18INS/c1-8-6-12-7-9(2)11(8)5-3-4-10/h8-9H,3-7H2,1-2H3. The maximum Gasteiger partial charge on any atom is 0.0161 e. The van der Waals surface area contributed by atoms with Crippen LogP contribution in [0.1, 0.15) is 20.3 Å². The van der Waals surface area contributed by atoms with E-state index in [1.54, 1.807) is 0 Å². The zero-order valence-electron chi connectivity index (χ0n) is 7.92.